The molecule has 0 spiro atoms. The molecule has 0 atom stereocenters. The van der Waals surface area contributed by atoms with Crippen molar-refractivity contribution >= 4 is 10.0 Å². The van der Waals surface area contributed by atoms with Crippen molar-refractivity contribution in [2.45, 2.75) is 32.1 Å². The average Bonchev–Trinajstić information content (AvgIpc) is 3.00. The summed E-state index contributed by atoms with van der Waals surface area (Å²) in [6, 6.07) is 21.2. The maximum atomic E-state index is 13.2. The van der Waals surface area contributed by atoms with E-state index in [4.69, 9.17) is 0 Å². The minimum absolute atomic E-state index is 0.250. The predicted molar refractivity (Wildman–Crippen MR) is 112 cm³/mol. The summed E-state index contributed by atoms with van der Waals surface area (Å²) in [4.78, 5) is 3.55. The van der Waals surface area contributed by atoms with Crippen LogP contribution in [0, 0.1) is 32.7 Å². The zero-order valence-corrected chi connectivity index (χ0v) is 17.2. The molecule has 0 aliphatic carbocycles. The van der Waals surface area contributed by atoms with Crippen LogP contribution in [0.15, 0.2) is 65.6 Å². The van der Waals surface area contributed by atoms with Crippen LogP contribution in [-0.2, 0) is 16.4 Å². The third kappa shape index (κ3) is 4.65. The Morgan fingerprint density at radius 2 is 1.64 bits per heavy atom. The van der Waals surface area contributed by atoms with Gasteiger partial charge in [-0.1, -0.05) is 35.9 Å². The molecule has 3 rings (SSSR count). The predicted octanol–water partition coefficient (Wildman–Crippen LogP) is 4.18. The normalized spacial score (nSPS) is 11.0. The van der Waals surface area contributed by atoms with Crippen LogP contribution >= 0.6 is 0 Å². The van der Waals surface area contributed by atoms with E-state index in [0.717, 1.165) is 28.1 Å². The summed E-state index contributed by atoms with van der Waals surface area (Å²) in [7, 11) is -3.72. The van der Waals surface area contributed by atoms with Gasteiger partial charge in [-0.25, -0.2) is 12.7 Å². The second-order valence-corrected chi connectivity index (χ2v) is 8.72. The first-order chi connectivity index (χ1) is 13.4. The van der Waals surface area contributed by atoms with Gasteiger partial charge in [0.15, 0.2) is 0 Å². The van der Waals surface area contributed by atoms with Gasteiger partial charge in [0.05, 0.1) is 4.90 Å². The van der Waals surface area contributed by atoms with Crippen LogP contribution in [0.25, 0.3) is 0 Å². The molecular formula is C23H24N2O2S. The number of benzene rings is 2. The van der Waals surface area contributed by atoms with E-state index in [1.807, 2.05) is 51.1 Å². The number of nitrogens with zero attached hydrogens (tertiary/aromatic N) is 1. The molecule has 0 saturated carbocycles. The van der Waals surface area contributed by atoms with Gasteiger partial charge in [-0.2, -0.15) is 0 Å². The fraction of sp³-hybridized carbons (Fsp3) is 0.217. The fourth-order valence-corrected chi connectivity index (χ4v) is 4.21. The van der Waals surface area contributed by atoms with E-state index >= 15 is 0 Å². The Hall–Kier alpha value is -2.97. The van der Waals surface area contributed by atoms with Crippen molar-refractivity contribution in [3.63, 3.8) is 0 Å². The van der Waals surface area contributed by atoms with Crippen LogP contribution in [0.2, 0.25) is 0 Å². The van der Waals surface area contributed by atoms with Crippen LogP contribution < -0.4 is 0 Å². The first-order valence-corrected chi connectivity index (χ1v) is 10.6. The largest absolute Gasteiger partial charge is 0.362 e. The highest BCUT2D eigenvalue weighted by Crippen LogP contribution is 2.18. The second kappa shape index (κ2) is 8.37. The van der Waals surface area contributed by atoms with Crippen molar-refractivity contribution in [2.75, 3.05) is 6.54 Å². The standard InChI is InChI=1S/C23H24N2O2S/c1-18-9-11-22(12-10-18)28(26,27)25(15-13-21-7-5-4-6-8-21)16-14-23-19(2)17-20(3)24-23/h4-12,17,24H,14,16H2,1-3H3. The molecule has 0 aliphatic heterocycles. The smallest absolute Gasteiger partial charge is 0.270 e. The van der Waals surface area contributed by atoms with Gasteiger partial charge in [0.25, 0.3) is 10.0 Å². The Kier molecular flexibility index (Phi) is 5.91. The Labute approximate surface area is 167 Å². The Balaban J connectivity index is 1.92. The highest BCUT2D eigenvalue weighted by Gasteiger charge is 2.22. The molecule has 2 aromatic carbocycles. The van der Waals surface area contributed by atoms with E-state index in [1.165, 1.54) is 4.31 Å². The molecule has 0 saturated heterocycles. The molecular weight excluding hydrogens is 368 g/mol. The summed E-state index contributed by atoms with van der Waals surface area (Å²) in [6.07, 6.45) is 0.564. The van der Waals surface area contributed by atoms with Gasteiger partial charge in [0.2, 0.25) is 0 Å². The maximum absolute atomic E-state index is 13.2. The Bertz CT molecular complexity index is 1100. The number of aromatic nitrogens is 1. The van der Waals surface area contributed by atoms with E-state index < -0.39 is 10.0 Å². The minimum atomic E-state index is -3.72. The number of aromatic amines is 1. The number of aryl methyl sites for hydroxylation is 3. The van der Waals surface area contributed by atoms with Crippen LogP contribution in [0.5, 0.6) is 0 Å². The summed E-state index contributed by atoms with van der Waals surface area (Å²) >= 11 is 0. The first kappa shape index (κ1) is 19.8. The monoisotopic (exact) mass is 392 g/mol. The zero-order chi connectivity index (χ0) is 20.1. The second-order valence-electron chi connectivity index (χ2n) is 6.86. The number of sulfonamides is 1. The minimum Gasteiger partial charge on any atom is -0.362 e. The third-order valence-corrected chi connectivity index (χ3v) is 6.25. The van der Waals surface area contributed by atoms with E-state index in [2.05, 4.69) is 23.0 Å². The number of nitrogens with one attached hydrogen (secondary N) is 1. The van der Waals surface area contributed by atoms with E-state index in [0.29, 0.717) is 6.42 Å². The van der Waals surface area contributed by atoms with Crippen molar-refractivity contribution in [2.24, 2.45) is 0 Å². The molecule has 0 amide bonds. The lowest BCUT2D eigenvalue weighted by atomic mass is 10.2. The summed E-state index contributed by atoms with van der Waals surface area (Å²) in [5.41, 5.74) is 5.01. The number of hydrogen-bond acceptors (Lipinski definition) is 2. The molecule has 3 aromatic rings. The molecule has 0 unspecified atom stereocenters. The average molecular weight is 393 g/mol. The lowest BCUT2D eigenvalue weighted by Crippen LogP contribution is -2.29. The summed E-state index contributed by atoms with van der Waals surface area (Å²) in [5.74, 6) is 2.97. The van der Waals surface area contributed by atoms with Crippen LogP contribution in [0.1, 0.15) is 28.1 Å². The molecule has 0 bridgehead atoms. The van der Waals surface area contributed by atoms with E-state index in [1.54, 1.807) is 24.3 Å². The summed E-state index contributed by atoms with van der Waals surface area (Å²) < 4.78 is 27.6. The van der Waals surface area contributed by atoms with Crippen LogP contribution in [0.3, 0.4) is 0 Å². The maximum Gasteiger partial charge on any atom is 0.270 e. The molecule has 0 aliphatic rings. The zero-order valence-electron chi connectivity index (χ0n) is 16.4. The van der Waals surface area contributed by atoms with Gasteiger partial charge in [-0.15, -0.1) is 0 Å². The van der Waals surface area contributed by atoms with Gasteiger partial charge < -0.3 is 4.98 Å². The van der Waals surface area contributed by atoms with Crippen LogP contribution in [-0.4, -0.2) is 24.3 Å². The number of hydrogen-bond donors (Lipinski definition) is 1. The van der Waals surface area contributed by atoms with Gasteiger partial charge in [0.1, 0.15) is 0 Å². The van der Waals surface area contributed by atoms with E-state index in [9.17, 15) is 8.42 Å². The van der Waals surface area contributed by atoms with Gasteiger partial charge >= 0.3 is 0 Å². The quantitative estimate of drug-likeness (QED) is 0.523. The lowest BCUT2D eigenvalue weighted by molar-refractivity contribution is 0.510. The molecule has 1 aromatic heterocycles. The van der Waals surface area contributed by atoms with Crippen molar-refractivity contribution in [3.8, 4) is 12.0 Å². The van der Waals surface area contributed by atoms with Gasteiger partial charge in [0, 0.05) is 36.0 Å². The Morgan fingerprint density at radius 3 is 2.25 bits per heavy atom. The van der Waals surface area contributed by atoms with Gasteiger partial charge in [-0.05, 0) is 62.6 Å². The summed E-state index contributed by atoms with van der Waals surface area (Å²) in [6.45, 7) is 6.22. The molecule has 5 heteroatoms. The van der Waals surface area contributed by atoms with Crippen molar-refractivity contribution in [1.29, 1.82) is 0 Å². The fourth-order valence-electron chi connectivity index (χ4n) is 2.98. The molecule has 0 fully saturated rings. The SMILES string of the molecule is Cc1ccc(S(=O)(=O)N(C#Cc2ccccc2)CCc2[nH]c(C)cc2C)cc1. The first-order valence-electron chi connectivity index (χ1n) is 9.17. The highest BCUT2D eigenvalue weighted by molar-refractivity contribution is 7.89. The molecule has 1 heterocycles. The molecule has 28 heavy (non-hydrogen) atoms. The molecule has 4 nitrogen and oxygen atoms in total. The highest BCUT2D eigenvalue weighted by atomic mass is 32.2. The lowest BCUT2D eigenvalue weighted by Gasteiger charge is -2.18. The number of rotatable bonds is 5. The van der Waals surface area contributed by atoms with Gasteiger partial charge in [-0.3, -0.25) is 0 Å². The van der Waals surface area contributed by atoms with Crippen molar-refractivity contribution in [3.05, 3.63) is 88.7 Å². The van der Waals surface area contributed by atoms with E-state index in [-0.39, 0.29) is 11.4 Å². The Morgan fingerprint density at radius 1 is 0.964 bits per heavy atom. The van der Waals surface area contributed by atoms with Crippen LogP contribution in [0.4, 0.5) is 0 Å². The summed E-state index contributed by atoms with van der Waals surface area (Å²) in [5, 5.41) is 0. The molecule has 144 valence electrons. The molecule has 0 radical (unpaired) electrons. The number of H-pyrrole nitrogens is 1. The van der Waals surface area contributed by atoms with Crippen molar-refractivity contribution in [1.82, 2.24) is 9.29 Å². The third-order valence-electron chi connectivity index (χ3n) is 4.53. The molecule has 1 N–H and O–H groups in total. The topological polar surface area (TPSA) is 53.2 Å². The van der Waals surface area contributed by atoms with Crippen molar-refractivity contribution < 1.29 is 8.42 Å².